The summed E-state index contributed by atoms with van der Waals surface area (Å²) in [6, 6.07) is -0.917. The third kappa shape index (κ3) is 5.30. The van der Waals surface area contributed by atoms with E-state index >= 15 is 0 Å². The average molecular weight is 270 g/mol. The van der Waals surface area contributed by atoms with Gasteiger partial charge in [0.15, 0.2) is 0 Å². The van der Waals surface area contributed by atoms with Gasteiger partial charge in [0.05, 0.1) is 0 Å². The average Bonchev–Trinajstić information content (AvgIpc) is 3.05. The number of carboxylic acid groups (broad SMARTS) is 1. The number of hydrogen-bond acceptors (Lipinski definition) is 4. The van der Waals surface area contributed by atoms with E-state index in [2.05, 4.69) is 5.32 Å². The van der Waals surface area contributed by atoms with Crippen LogP contribution in [0.5, 0.6) is 0 Å². The molecule has 1 amide bonds. The van der Waals surface area contributed by atoms with Crippen LogP contribution in [0.25, 0.3) is 0 Å². The second kappa shape index (κ2) is 7.13. The molecule has 4 N–H and O–H groups in total. The first-order valence-corrected chi connectivity index (χ1v) is 6.54. The number of unbranched alkanes of at least 4 members (excludes halogenated alkanes) is 1. The SMILES string of the molecule is CC1=CC1C(C)OC(=O)N[C@@H](CCCCN)C(=O)O. The topological polar surface area (TPSA) is 102 Å². The lowest BCUT2D eigenvalue weighted by Gasteiger charge is -2.17. The highest BCUT2D eigenvalue weighted by molar-refractivity contribution is 5.79. The van der Waals surface area contributed by atoms with Gasteiger partial charge < -0.3 is 20.9 Å². The van der Waals surface area contributed by atoms with Crippen LogP contribution in [0.15, 0.2) is 11.6 Å². The van der Waals surface area contributed by atoms with Crippen LogP contribution in [0.1, 0.15) is 33.1 Å². The molecule has 0 fully saturated rings. The predicted octanol–water partition coefficient (Wildman–Crippen LogP) is 1.26. The van der Waals surface area contributed by atoms with Gasteiger partial charge in [0.25, 0.3) is 0 Å². The first kappa shape index (κ1) is 15.5. The van der Waals surface area contributed by atoms with Gasteiger partial charge in [-0.1, -0.05) is 11.6 Å². The summed E-state index contributed by atoms with van der Waals surface area (Å²) in [5.41, 5.74) is 6.54. The van der Waals surface area contributed by atoms with Crippen LogP contribution < -0.4 is 11.1 Å². The van der Waals surface area contributed by atoms with Crippen LogP contribution in [0.3, 0.4) is 0 Å². The zero-order valence-corrected chi connectivity index (χ0v) is 11.4. The molecular weight excluding hydrogens is 248 g/mol. The molecule has 3 atom stereocenters. The van der Waals surface area contributed by atoms with E-state index in [4.69, 9.17) is 15.6 Å². The van der Waals surface area contributed by atoms with E-state index in [0.717, 1.165) is 6.42 Å². The minimum Gasteiger partial charge on any atom is -0.480 e. The molecule has 108 valence electrons. The third-order valence-corrected chi connectivity index (χ3v) is 3.19. The lowest BCUT2D eigenvalue weighted by Crippen LogP contribution is -2.42. The smallest absolute Gasteiger partial charge is 0.408 e. The summed E-state index contributed by atoms with van der Waals surface area (Å²) in [5, 5.41) is 11.4. The fourth-order valence-electron chi connectivity index (χ4n) is 1.91. The Morgan fingerprint density at radius 2 is 2.16 bits per heavy atom. The lowest BCUT2D eigenvalue weighted by molar-refractivity contribution is -0.139. The number of carbonyl (C=O) groups is 2. The van der Waals surface area contributed by atoms with Gasteiger partial charge in [-0.3, -0.25) is 0 Å². The number of hydrogen-bond donors (Lipinski definition) is 3. The van der Waals surface area contributed by atoms with E-state index < -0.39 is 18.1 Å². The summed E-state index contributed by atoms with van der Waals surface area (Å²) < 4.78 is 5.14. The summed E-state index contributed by atoms with van der Waals surface area (Å²) >= 11 is 0. The molecule has 6 heteroatoms. The Morgan fingerprint density at radius 1 is 1.53 bits per heavy atom. The Balaban J connectivity index is 2.32. The molecule has 0 aromatic carbocycles. The first-order valence-electron chi connectivity index (χ1n) is 6.54. The normalized spacial score (nSPS) is 20.2. The molecule has 1 aliphatic carbocycles. The van der Waals surface area contributed by atoms with Gasteiger partial charge in [-0.05, 0) is 39.7 Å². The molecule has 0 heterocycles. The lowest BCUT2D eigenvalue weighted by atomic mass is 10.1. The quantitative estimate of drug-likeness (QED) is 0.455. The first-order chi connectivity index (χ1) is 8.95. The second-order valence-electron chi connectivity index (χ2n) is 4.87. The molecular formula is C13H22N2O4. The van der Waals surface area contributed by atoms with Gasteiger partial charge >= 0.3 is 12.1 Å². The van der Waals surface area contributed by atoms with Crippen molar-refractivity contribution >= 4 is 12.1 Å². The Hall–Kier alpha value is -1.56. The van der Waals surface area contributed by atoms with Crippen molar-refractivity contribution in [3.05, 3.63) is 11.6 Å². The Kier molecular flexibility index (Phi) is 5.82. The van der Waals surface area contributed by atoms with Gasteiger partial charge in [0.1, 0.15) is 12.1 Å². The molecule has 0 aromatic rings. The van der Waals surface area contributed by atoms with Crippen molar-refractivity contribution in [3.63, 3.8) is 0 Å². The highest BCUT2D eigenvalue weighted by Gasteiger charge is 2.30. The molecule has 1 rings (SSSR count). The number of alkyl carbamates (subject to hydrolysis) is 1. The molecule has 0 saturated heterocycles. The van der Waals surface area contributed by atoms with Crippen LogP contribution >= 0.6 is 0 Å². The second-order valence-corrected chi connectivity index (χ2v) is 4.87. The van der Waals surface area contributed by atoms with E-state index in [-0.39, 0.29) is 12.0 Å². The zero-order valence-electron chi connectivity index (χ0n) is 11.4. The van der Waals surface area contributed by atoms with E-state index in [1.807, 2.05) is 13.0 Å². The molecule has 0 aliphatic heterocycles. The van der Waals surface area contributed by atoms with Crippen molar-refractivity contribution in [2.45, 2.75) is 45.3 Å². The maximum Gasteiger partial charge on any atom is 0.408 e. The van der Waals surface area contributed by atoms with E-state index in [9.17, 15) is 9.59 Å². The molecule has 1 aliphatic rings. The number of rotatable bonds is 8. The van der Waals surface area contributed by atoms with E-state index in [1.165, 1.54) is 5.57 Å². The monoisotopic (exact) mass is 270 g/mol. The van der Waals surface area contributed by atoms with Gasteiger partial charge in [0.2, 0.25) is 0 Å². The van der Waals surface area contributed by atoms with Gasteiger partial charge in [0, 0.05) is 5.92 Å². The van der Waals surface area contributed by atoms with Crippen LogP contribution in [0.2, 0.25) is 0 Å². The maximum absolute atomic E-state index is 11.6. The molecule has 0 bridgehead atoms. The van der Waals surface area contributed by atoms with E-state index in [1.54, 1.807) is 6.92 Å². The molecule has 0 aromatic heterocycles. The third-order valence-electron chi connectivity index (χ3n) is 3.19. The Bertz CT molecular complexity index is 368. The molecule has 0 radical (unpaired) electrons. The highest BCUT2D eigenvalue weighted by atomic mass is 16.6. The van der Waals surface area contributed by atoms with Crippen molar-refractivity contribution in [3.8, 4) is 0 Å². The largest absolute Gasteiger partial charge is 0.480 e. The predicted molar refractivity (Wildman–Crippen MR) is 70.7 cm³/mol. The summed E-state index contributed by atoms with van der Waals surface area (Å²) in [4.78, 5) is 22.6. The highest BCUT2D eigenvalue weighted by Crippen LogP contribution is 2.32. The zero-order chi connectivity index (χ0) is 14.4. The van der Waals surface area contributed by atoms with Crippen LogP contribution in [0.4, 0.5) is 4.79 Å². The fraction of sp³-hybridized carbons (Fsp3) is 0.692. The molecule has 19 heavy (non-hydrogen) atoms. The number of nitrogens with one attached hydrogen (secondary N) is 1. The van der Waals surface area contributed by atoms with Crippen molar-refractivity contribution in [2.75, 3.05) is 6.54 Å². The maximum atomic E-state index is 11.6. The minimum atomic E-state index is -1.05. The standard InChI is InChI=1S/C13H22N2O4/c1-8-7-10(8)9(2)19-13(18)15-11(12(16)17)5-3-4-6-14/h7,9-11H,3-6,14H2,1-2H3,(H,15,18)(H,16,17)/t9?,10?,11-/m0/s1. The van der Waals surface area contributed by atoms with Gasteiger partial charge in [-0.25, -0.2) is 9.59 Å². The Morgan fingerprint density at radius 3 is 2.63 bits per heavy atom. The van der Waals surface area contributed by atoms with Gasteiger partial charge in [-0.15, -0.1) is 0 Å². The summed E-state index contributed by atoms with van der Waals surface area (Å²) in [5.74, 6) is -0.853. The summed E-state index contributed by atoms with van der Waals surface area (Å²) in [7, 11) is 0. The number of carboxylic acids is 1. The van der Waals surface area contributed by atoms with Crippen molar-refractivity contribution < 1.29 is 19.4 Å². The van der Waals surface area contributed by atoms with Crippen molar-refractivity contribution in [1.82, 2.24) is 5.32 Å². The number of nitrogens with two attached hydrogens (primary N) is 1. The van der Waals surface area contributed by atoms with Crippen molar-refractivity contribution in [1.29, 1.82) is 0 Å². The molecule has 0 saturated carbocycles. The van der Waals surface area contributed by atoms with Crippen molar-refractivity contribution in [2.24, 2.45) is 11.7 Å². The number of aliphatic carboxylic acids is 1. The van der Waals surface area contributed by atoms with Gasteiger partial charge in [-0.2, -0.15) is 0 Å². The molecule has 6 nitrogen and oxygen atoms in total. The number of carbonyl (C=O) groups excluding carboxylic acids is 1. The molecule has 0 spiro atoms. The van der Waals surface area contributed by atoms with Crippen LogP contribution in [0, 0.1) is 5.92 Å². The fourth-order valence-corrected chi connectivity index (χ4v) is 1.91. The molecule has 2 unspecified atom stereocenters. The Labute approximate surface area is 113 Å². The number of amides is 1. The van der Waals surface area contributed by atoms with Crippen LogP contribution in [-0.4, -0.2) is 35.9 Å². The summed E-state index contributed by atoms with van der Waals surface area (Å²) in [6.07, 6.45) is 2.83. The minimum absolute atomic E-state index is 0.200. The number of ether oxygens (including phenoxy) is 1. The van der Waals surface area contributed by atoms with Crippen LogP contribution in [-0.2, 0) is 9.53 Å². The van der Waals surface area contributed by atoms with E-state index in [0.29, 0.717) is 19.4 Å². The summed E-state index contributed by atoms with van der Waals surface area (Å²) in [6.45, 7) is 4.27.